The van der Waals surface area contributed by atoms with Crippen molar-refractivity contribution in [1.82, 2.24) is 10.2 Å². The number of rotatable bonds is 9. The third kappa shape index (κ3) is 4.98. The molecular formula is C20H20N4O8S. The molecule has 2 aliphatic heterocycles. The number of aliphatic carboxylic acids is 1. The van der Waals surface area contributed by atoms with Crippen LogP contribution in [0.4, 0.5) is 5.69 Å². The van der Waals surface area contributed by atoms with Crippen molar-refractivity contribution in [3.05, 3.63) is 41.1 Å². The Balaban J connectivity index is 1.79. The van der Waals surface area contributed by atoms with Crippen LogP contribution >= 0.6 is 11.8 Å². The Labute approximate surface area is 192 Å². The van der Waals surface area contributed by atoms with Gasteiger partial charge in [-0.25, -0.2) is 4.79 Å². The van der Waals surface area contributed by atoms with Crippen molar-refractivity contribution in [2.45, 2.75) is 18.3 Å². The fourth-order valence-corrected chi connectivity index (χ4v) is 4.66. The maximum Gasteiger partial charge on any atom is 0.352 e. The van der Waals surface area contributed by atoms with E-state index in [1.165, 1.54) is 31.9 Å². The maximum absolute atomic E-state index is 12.9. The Bertz CT molecular complexity index is 1070. The van der Waals surface area contributed by atoms with Crippen LogP contribution in [0.5, 0.6) is 0 Å². The van der Waals surface area contributed by atoms with Gasteiger partial charge >= 0.3 is 11.9 Å². The van der Waals surface area contributed by atoms with Gasteiger partial charge in [0, 0.05) is 29.5 Å². The number of nitrogens with zero attached hydrogens (tertiary/aromatic N) is 2. The number of nitrogens with one attached hydrogen (secondary N) is 2. The monoisotopic (exact) mass is 476 g/mol. The van der Waals surface area contributed by atoms with Gasteiger partial charge in [-0.05, 0) is 12.1 Å². The van der Waals surface area contributed by atoms with Gasteiger partial charge in [-0.15, -0.1) is 11.8 Å². The molecule has 33 heavy (non-hydrogen) atoms. The topological polar surface area (TPSA) is 164 Å². The molecule has 12 nitrogen and oxygen atoms in total. The average Bonchev–Trinajstić information content (AvgIpc) is 2.78. The van der Waals surface area contributed by atoms with E-state index < -0.39 is 35.2 Å². The molecule has 0 spiro atoms. The van der Waals surface area contributed by atoms with E-state index in [4.69, 9.17) is 9.57 Å². The molecule has 0 radical (unpaired) electrons. The Morgan fingerprint density at radius 2 is 2.12 bits per heavy atom. The lowest BCUT2D eigenvalue weighted by atomic mass is 10.0. The fraction of sp³-hybridized carbons (Fsp3) is 0.300. The highest BCUT2D eigenvalue weighted by Crippen LogP contribution is 2.40. The zero-order valence-electron chi connectivity index (χ0n) is 17.6. The number of anilines is 1. The van der Waals surface area contributed by atoms with Crippen molar-refractivity contribution < 1.29 is 38.7 Å². The summed E-state index contributed by atoms with van der Waals surface area (Å²) in [4.78, 5) is 65.1. The Kier molecular flexibility index (Phi) is 7.33. The van der Waals surface area contributed by atoms with Gasteiger partial charge in [-0.2, -0.15) is 0 Å². The Hall–Kier alpha value is -3.87. The number of β-lactam (4-membered cyclic amide) rings is 1. The molecule has 2 atom stereocenters. The summed E-state index contributed by atoms with van der Waals surface area (Å²) in [7, 11) is 1.25. The number of ether oxygens (including phenoxy) is 1. The number of oxime groups is 1. The van der Waals surface area contributed by atoms with Crippen LogP contribution in [-0.2, 0) is 33.5 Å². The molecule has 3 amide bonds. The number of hydrogen-bond donors (Lipinski definition) is 3. The number of carboxylic acid groups (broad SMARTS) is 1. The summed E-state index contributed by atoms with van der Waals surface area (Å²) in [6.07, 6.45) is 0.484. The minimum atomic E-state index is -1.33. The summed E-state index contributed by atoms with van der Waals surface area (Å²) in [5, 5.41) is 17.7. The summed E-state index contributed by atoms with van der Waals surface area (Å²) in [5.74, 6) is -3.04. The molecule has 0 aliphatic carbocycles. The summed E-state index contributed by atoms with van der Waals surface area (Å²) >= 11 is 1.24. The second-order valence-electron chi connectivity index (χ2n) is 6.86. The number of thioether (sulfide) groups is 1. The van der Waals surface area contributed by atoms with Gasteiger partial charge < -0.3 is 25.3 Å². The van der Waals surface area contributed by atoms with Crippen LogP contribution in [-0.4, -0.2) is 76.8 Å². The van der Waals surface area contributed by atoms with Crippen molar-refractivity contribution in [1.29, 1.82) is 0 Å². The predicted molar refractivity (Wildman–Crippen MR) is 116 cm³/mol. The molecule has 2 aliphatic rings. The number of hydrogen-bond acceptors (Lipinski definition) is 9. The molecule has 1 aromatic rings. The molecule has 2 heterocycles. The van der Waals surface area contributed by atoms with Crippen LogP contribution in [0.1, 0.15) is 12.5 Å². The highest BCUT2D eigenvalue weighted by atomic mass is 32.2. The summed E-state index contributed by atoms with van der Waals surface area (Å²) in [5.41, 5.74) is 0.649. The summed E-state index contributed by atoms with van der Waals surface area (Å²) in [6, 6.07) is 5.29. The largest absolute Gasteiger partial charge is 0.477 e. The summed E-state index contributed by atoms with van der Waals surface area (Å²) < 4.78 is 4.89. The zero-order valence-corrected chi connectivity index (χ0v) is 18.4. The van der Waals surface area contributed by atoms with E-state index in [0.29, 0.717) is 23.2 Å². The van der Waals surface area contributed by atoms with Crippen molar-refractivity contribution >= 4 is 53.3 Å². The van der Waals surface area contributed by atoms with Crippen LogP contribution in [0.15, 0.2) is 40.7 Å². The quantitative estimate of drug-likeness (QED) is 0.145. The first kappa shape index (κ1) is 23.8. The smallest absolute Gasteiger partial charge is 0.352 e. The molecule has 1 saturated heterocycles. The van der Waals surface area contributed by atoms with Crippen molar-refractivity contribution in [2.75, 3.05) is 24.8 Å². The van der Waals surface area contributed by atoms with Crippen LogP contribution in [0, 0.1) is 0 Å². The molecule has 3 rings (SSSR count). The number of carbonyl (C=O) groups is 5. The standard InChI is InChI=1S/C20H20N4O8S/c1-10(26)32-7-12-8-33-19-15(18(28)24(19)16(12)20(29)30)22-17(27)14(23-31-2)11-4-3-5-13(6-11)21-9-25/h3-6,9,15,19H,7-8H2,1-2H3,(H,21,25)(H,22,27)(H,29,30)/t15-,19-/m1/s1. The van der Waals surface area contributed by atoms with Gasteiger partial charge in [0.15, 0.2) is 5.71 Å². The van der Waals surface area contributed by atoms with E-state index in [-0.39, 0.29) is 23.8 Å². The first-order valence-corrected chi connectivity index (χ1v) is 10.6. The molecule has 13 heteroatoms. The van der Waals surface area contributed by atoms with E-state index >= 15 is 0 Å². The third-order valence-electron chi connectivity index (χ3n) is 4.75. The summed E-state index contributed by atoms with van der Waals surface area (Å²) in [6.45, 7) is 0.956. The highest BCUT2D eigenvalue weighted by molar-refractivity contribution is 8.00. The number of esters is 1. The Morgan fingerprint density at radius 3 is 2.76 bits per heavy atom. The lowest BCUT2D eigenvalue weighted by Gasteiger charge is -2.49. The van der Waals surface area contributed by atoms with Crippen LogP contribution in [0.2, 0.25) is 0 Å². The molecule has 3 N–H and O–H groups in total. The lowest BCUT2D eigenvalue weighted by molar-refractivity contribution is -0.150. The van der Waals surface area contributed by atoms with Gasteiger partial charge in [0.1, 0.15) is 30.8 Å². The van der Waals surface area contributed by atoms with E-state index in [1.54, 1.807) is 18.2 Å². The normalized spacial score (nSPS) is 19.8. The lowest BCUT2D eigenvalue weighted by Crippen LogP contribution is -2.71. The highest BCUT2D eigenvalue weighted by Gasteiger charge is 2.54. The molecule has 174 valence electrons. The molecule has 1 aromatic carbocycles. The maximum atomic E-state index is 12.9. The molecule has 0 aromatic heterocycles. The van der Waals surface area contributed by atoms with Crippen molar-refractivity contribution in [3.8, 4) is 0 Å². The number of carboxylic acids is 1. The SMILES string of the molecule is CON=C(C(=O)N[C@@H]1C(=O)N2C(C(=O)O)=C(COC(C)=O)CS[C@H]12)c1cccc(NC=O)c1. The number of fused-ring (bicyclic) bond motifs is 1. The molecule has 0 saturated carbocycles. The minimum Gasteiger partial charge on any atom is -0.477 e. The van der Waals surface area contributed by atoms with Gasteiger partial charge in [-0.3, -0.25) is 24.1 Å². The molecule has 1 fully saturated rings. The zero-order chi connectivity index (χ0) is 24.1. The van der Waals surface area contributed by atoms with Gasteiger partial charge in [0.05, 0.1) is 0 Å². The van der Waals surface area contributed by atoms with Crippen molar-refractivity contribution in [3.63, 3.8) is 0 Å². The van der Waals surface area contributed by atoms with Crippen LogP contribution in [0.25, 0.3) is 0 Å². The number of amides is 3. The molecule has 0 bridgehead atoms. The second-order valence-corrected chi connectivity index (χ2v) is 7.97. The molecule has 0 unspecified atom stereocenters. The van der Waals surface area contributed by atoms with E-state index in [2.05, 4.69) is 15.8 Å². The van der Waals surface area contributed by atoms with E-state index in [0.717, 1.165) is 4.90 Å². The minimum absolute atomic E-state index is 0.136. The number of carbonyl (C=O) groups excluding carboxylic acids is 4. The van der Waals surface area contributed by atoms with E-state index in [9.17, 15) is 29.1 Å². The van der Waals surface area contributed by atoms with Crippen molar-refractivity contribution in [2.24, 2.45) is 5.16 Å². The second kappa shape index (κ2) is 10.2. The predicted octanol–water partition coefficient (Wildman–Crippen LogP) is -0.0929. The van der Waals surface area contributed by atoms with Gasteiger partial charge in [-0.1, -0.05) is 17.3 Å². The van der Waals surface area contributed by atoms with Gasteiger partial charge in [0.2, 0.25) is 6.41 Å². The third-order valence-corrected chi connectivity index (χ3v) is 6.08. The molecular weight excluding hydrogens is 456 g/mol. The Morgan fingerprint density at radius 1 is 1.36 bits per heavy atom. The average molecular weight is 476 g/mol. The van der Waals surface area contributed by atoms with Gasteiger partial charge in [0.25, 0.3) is 11.8 Å². The van der Waals surface area contributed by atoms with Crippen LogP contribution < -0.4 is 10.6 Å². The number of benzene rings is 1. The fourth-order valence-electron chi connectivity index (χ4n) is 3.33. The first-order valence-electron chi connectivity index (χ1n) is 9.54. The van der Waals surface area contributed by atoms with E-state index in [1.807, 2.05) is 0 Å². The first-order chi connectivity index (χ1) is 15.8. The van der Waals surface area contributed by atoms with Crippen LogP contribution in [0.3, 0.4) is 0 Å².